The third-order valence-corrected chi connectivity index (χ3v) is 3.27. The molecule has 2 aromatic carbocycles. The van der Waals surface area contributed by atoms with Crippen LogP contribution in [0.3, 0.4) is 0 Å². The Kier molecular flexibility index (Phi) is 2.72. The first-order valence-electron chi connectivity index (χ1n) is 6.00. The fraction of sp³-hybridized carbons (Fsp3) is 0.286. The normalized spacial score (nSPS) is 16.1. The van der Waals surface area contributed by atoms with Crippen LogP contribution in [-0.4, -0.2) is 26.3 Å². The van der Waals surface area contributed by atoms with Crippen LogP contribution >= 0.6 is 0 Å². The van der Waals surface area contributed by atoms with Crippen LogP contribution < -0.4 is 15.8 Å². The van der Waals surface area contributed by atoms with Crippen molar-refractivity contribution in [3.63, 3.8) is 0 Å². The van der Waals surface area contributed by atoms with Gasteiger partial charge in [-0.1, -0.05) is 30.3 Å². The Morgan fingerprint density at radius 3 is 2.28 bits per heavy atom. The molecular formula is C14H13NO3. The number of morpholine rings is 1. The van der Waals surface area contributed by atoms with Crippen molar-refractivity contribution < 1.29 is 4.74 Å². The van der Waals surface area contributed by atoms with Gasteiger partial charge in [-0.25, -0.2) is 0 Å². The molecule has 0 radical (unpaired) electrons. The molecule has 0 N–H and O–H groups in total. The van der Waals surface area contributed by atoms with Crippen molar-refractivity contribution in [2.24, 2.45) is 0 Å². The maximum Gasteiger partial charge on any atom is 0.250 e. The molecule has 4 nitrogen and oxygen atoms in total. The largest absolute Gasteiger partial charge is 0.378 e. The van der Waals surface area contributed by atoms with Gasteiger partial charge in [0.15, 0.2) is 0 Å². The monoisotopic (exact) mass is 243 g/mol. The van der Waals surface area contributed by atoms with Crippen LogP contribution in [0.5, 0.6) is 0 Å². The van der Waals surface area contributed by atoms with Gasteiger partial charge in [0.1, 0.15) is 5.69 Å². The molecular weight excluding hydrogens is 230 g/mol. The summed E-state index contributed by atoms with van der Waals surface area (Å²) in [6.07, 6.45) is 0. The summed E-state index contributed by atoms with van der Waals surface area (Å²) in [6, 6.07) is 9.36. The maximum absolute atomic E-state index is 11.8. The molecule has 1 aliphatic rings. The van der Waals surface area contributed by atoms with E-state index in [4.69, 9.17) is 4.74 Å². The molecule has 2 aromatic rings. The van der Waals surface area contributed by atoms with Gasteiger partial charge in [-0.3, -0.25) is 9.59 Å². The Morgan fingerprint density at radius 1 is 0.944 bits per heavy atom. The van der Waals surface area contributed by atoms with Crippen molar-refractivity contribution in [2.45, 2.75) is 0 Å². The minimum Gasteiger partial charge on any atom is -0.378 e. The van der Waals surface area contributed by atoms with Gasteiger partial charge in [0.2, 0.25) is 10.9 Å². The zero-order valence-corrected chi connectivity index (χ0v) is 9.89. The lowest BCUT2D eigenvalue weighted by molar-refractivity contribution is 0.122. The van der Waals surface area contributed by atoms with E-state index in [-0.39, 0.29) is 10.9 Å². The van der Waals surface area contributed by atoms with Crippen molar-refractivity contribution in [1.82, 2.24) is 0 Å². The Balaban J connectivity index is 2.04. The standard InChI is InChI=1S/C14H13NO3/c16-13-11(10-4-2-1-3-5-10)12(14(13)17)15-6-8-18-9-7-15/h1-5H,6-9H2. The summed E-state index contributed by atoms with van der Waals surface area (Å²) in [5, 5.41) is 0. The van der Waals surface area contributed by atoms with Crippen molar-refractivity contribution in [1.29, 1.82) is 0 Å². The first kappa shape index (κ1) is 11.2. The third-order valence-electron chi connectivity index (χ3n) is 3.27. The highest BCUT2D eigenvalue weighted by Gasteiger charge is 2.27. The van der Waals surface area contributed by atoms with Gasteiger partial charge in [-0.15, -0.1) is 0 Å². The quantitative estimate of drug-likeness (QED) is 0.731. The molecule has 4 heteroatoms. The summed E-state index contributed by atoms with van der Waals surface area (Å²) in [5.74, 6) is 0. The van der Waals surface area contributed by atoms with Crippen molar-refractivity contribution in [3.05, 3.63) is 50.8 Å². The highest BCUT2D eigenvalue weighted by atomic mass is 16.5. The molecule has 1 aliphatic heterocycles. The summed E-state index contributed by atoms with van der Waals surface area (Å²) in [4.78, 5) is 25.5. The molecule has 92 valence electrons. The van der Waals surface area contributed by atoms with E-state index in [1.807, 2.05) is 35.2 Å². The molecule has 0 bridgehead atoms. The zero-order chi connectivity index (χ0) is 12.5. The number of benzene rings is 1. The molecule has 0 atom stereocenters. The lowest BCUT2D eigenvalue weighted by Gasteiger charge is -2.30. The van der Waals surface area contributed by atoms with E-state index < -0.39 is 0 Å². The number of ether oxygens (including phenoxy) is 1. The predicted molar refractivity (Wildman–Crippen MR) is 69.8 cm³/mol. The molecule has 0 aromatic heterocycles. The van der Waals surface area contributed by atoms with E-state index in [0.717, 1.165) is 5.56 Å². The summed E-state index contributed by atoms with van der Waals surface area (Å²) in [7, 11) is 0. The highest BCUT2D eigenvalue weighted by Crippen LogP contribution is 2.26. The van der Waals surface area contributed by atoms with E-state index in [0.29, 0.717) is 37.6 Å². The Bertz CT molecular complexity index is 620. The van der Waals surface area contributed by atoms with Gasteiger partial charge in [-0.2, -0.15) is 0 Å². The number of rotatable bonds is 2. The van der Waals surface area contributed by atoms with Crippen molar-refractivity contribution in [2.75, 3.05) is 31.2 Å². The first-order valence-corrected chi connectivity index (χ1v) is 6.00. The predicted octanol–water partition coefficient (Wildman–Crippen LogP) is 0.786. The summed E-state index contributed by atoms with van der Waals surface area (Å²) in [6.45, 7) is 2.55. The fourth-order valence-corrected chi connectivity index (χ4v) is 2.34. The summed E-state index contributed by atoms with van der Waals surface area (Å²) >= 11 is 0. The molecule has 0 spiro atoms. The van der Waals surface area contributed by atoms with E-state index in [2.05, 4.69) is 0 Å². The van der Waals surface area contributed by atoms with Crippen LogP contribution in [0.4, 0.5) is 5.69 Å². The number of hydrogen-bond acceptors (Lipinski definition) is 4. The molecule has 0 aliphatic carbocycles. The van der Waals surface area contributed by atoms with Gasteiger partial charge in [0.25, 0.3) is 0 Å². The SMILES string of the molecule is O=c1c(-c2ccccc2)c(N2CCOCC2)c1=O. The highest BCUT2D eigenvalue weighted by molar-refractivity contribution is 5.82. The minimum absolute atomic E-state index is 0.365. The maximum atomic E-state index is 11.8. The summed E-state index contributed by atoms with van der Waals surface area (Å²) < 4.78 is 5.26. The van der Waals surface area contributed by atoms with E-state index in [1.165, 1.54) is 0 Å². The van der Waals surface area contributed by atoms with Crippen LogP contribution in [-0.2, 0) is 4.74 Å². The van der Waals surface area contributed by atoms with E-state index in [9.17, 15) is 9.59 Å². The molecule has 0 amide bonds. The second-order valence-corrected chi connectivity index (χ2v) is 4.35. The molecule has 0 unspecified atom stereocenters. The van der Waals surface area contributed by atoms with Gasteiger partial charge < -0.3 is 9.64 Å². The second kappa shape index (κ2) is 4.38. The molecule has 1 heterocycles. The topological polar surface area (TPSA) is 46.6 Å². The van der Waals surface area contributed by atoms with Crippen LogP contribution in [0.2, 0.25) is 0 Å². The number of hydrogen-bond donors (Lipinski definition) is 0. The smallest absolute Gasteiger partial charge is 0.250 e. The molecule has 1 fully saturated rings. The summed E-state index contributed by atoms with van der Waals surface area (Å²) in [5.41, 5.74) is 1.21. The van der Waals surface area contributed by atoms with Crippen LogP contribution in [0.1, 0.15) is 0 Å². The average molecular weight is 243 g/mol. The average Bonchev–Trinajstić information content (AvgIpc) is 2.45. The van der Waals surface area contributed by atoms with Crippen LogP contribution in [0.25, 0.3) is 11.1 Å². The van der Waals surface area contributed by atoms with Gasteiger partial charge in [0.05, 0.1) is 18.8 Å². The Hall–Kier alpha value is -1.94. The molecule has 1 saturated heterocycles. The second-order valence-electron chi connectivity index (χ2n) is 4.35. The van der Waals surface area contributed by atoms with Crippen LogP contribution in [0.15, 0.2) is 39.9 Å². The minimum atomic E-state index is -0.373. The Labute approximate surface area is 104 Å². The molecule has 0 saturated carbocycles. The molecule has 18 heavy (non-hydrogen) atoms. The first-order chi connectivity index (χ1) is 8.79. The lowest BCUT2D eigenvalue weighted by Crippen LogP contribution is -2.46. The van der Waals surface area contributed by atoms with E-state index >= 15 is 0 Å². The van der Waals surface area contributed by atoms with Crippen molar-refractivity contribution >= 4 is 5.69 Å². The van der Waals surface area contributed by atoms with Gasteiger partial charge in [-0.05, 0) is 5.56 Å². The fourth-order valence-electron chi connectivity index (χ4n) is 2.34. The zero-order valence-electron chi connectivity index (χ0n) is 9.89. The molecule has 3 rings (SSSR count). The van der Waals surface area contributed by atoms with E-state index in [1.54, 1.807) is 0 Å². The lowest BCUT2D eigenvalue weighted by atomic mass is 9.97. The van der Waals surface area contributed by atoms with Gasteiger partial charge in [0, 0.05) is 13.1 Å². The number of anilines is 1. The van der Waals surface area contributed by atoms with Crippen LogP contribution in [0, 0.1) is 0 Å². The Morgan fingerprint density at radius 2 is 1.61 bits per heavy atom. The number of nitrogens with zero attached hydrogens (tertiary/aromatic N) is 1. The van der Waals surface area contributed by atoms with Crippen molar-refractivity contribution in [3.8, 4) is 11.1 Å². The van der Waals surface area contributed by atoms with Gasteiger partial charge >= 0.3 is 0 Å². The third kappa shape index (κ3) is 1.66.